The Kier molecular flexibility index (Phi) is 3.72. The summed E-state index contributed by atoms with van der Waals surface area (Å²) in [5.41, 5.74) is 4.30. The second kappa shape index (κ2) is 6.15. The van der Waals surface area contributed by atoms with E-state index in [1.165, 1.54) is 5.52 Å². The van der Waals surface area contributed by atoms with Gasteiger partial charge in [-0.1, -0.05) is 12.1 Å². The third-order valence-electron chi connectivity index (χ3n) is 5.43. The first kappa shape index (κ1) is 16.9. The smallest absolute Gasteiger partial charge is 0.159 e. The van der Waals surface area contributed by atoms with Gasteiger partial charge in [-0.25, -0.2) is 19.6 Å². The van der Waals surface area contributed by atoms with Crippen LogP contribution in [-0.2, 0) is 7.05 Å². The van der Waals surface area contributed by atoms with Crippen LogP contribution in [0.15, 0.2) is 36.4 Å². The van der Waals surface area contributed by atoms with Gasteiger partial charge in [0.05, 0.1) is 22.6 Å². The van der Waals surface area contributed by atoms with Crippen molar-refractivity contribution in [1.29, 1.82) is 0 Å². The van der Waals surface area contributed by atoms with Crippen molar-refractivity contribution in [2.24, 2.45) is 7.05 Å². The van der Waals surface area contributed by atoms with Crippen LogP contribution in [0.3, 0.4) is 0 Å². The molecule has 142 valence electrons. The zero-order valence-corrected chi connectivity index (χ0v) is 16.6. The van der Waals surface area contributed by atoms with Crippen LogP contribution >= 0.6 is 0 Å². The van der Waals surface area contributed by atoms with E-state index in [1.54, 1.807) is 0 Å². The Morgan fingerprint density at radius 3 is 2.39 bits per heavy atom. The second-order valence-electron chi connectivity index (χ2n) is 7.59. The molecule has 4 heterocycles. The molecule has 1 aliphatic heterocycles. The maximum absolute atomic E-state index is 4.85. The monoisotopic (exact) mass is 373 g/mol. The Labute approximate surface area is 163 Å². The topological polar surface area (TPSA) is 64.7 Å². The van der Waals surface area contributed by atoms with E-state index in [-0.39, 0.29) is 0 Å². The maximum atomic E-state index is 4.85. The van der Waals surface area contributed by atoms with Gasteiger partial charge in [-0.3, -0.25) is 0 Å². The van der Waals surface area contributed by atoms with Gasteiger partial charge in [0.1, 0.15) is 17.5 Å². The van der Waals surface area contributed by atoms with Gasteiger partial charge in [0, 0.05) is 31.9 Å². The Morgan fingerprint density at radius 1 is 0.929 bits per heavy atom. The molecule has 1 saturated heterocycles. The molecule has 0 atom stereocenters. The quantitative estimate of drug-likeness (QED) is 0.552. The van der Waals surface area contributed by atoms with Crippen LogP contribution in [0, 0.1) is 20.8 Å². The molecule has 0 aliphatic carbocycles. The highest BCUT2D eigenvalue weighted by atomic mass is 15.3. The minimum atomic E-state index is 0.407. The molecule has 1 aliphatic rings. The first-order valence-corrected chi connectivity index (χ1v) is 9.55. The standard InChI is InChI=1S/C21H23N7/c1-13-9-14(2)28(25-13)20-10-19(22-15(3)23-20)27-11-16(12-27)21-24-17-7-5-6-8-18(17)26(21)4/h5-10,16H,11-12H2,1-4H3. The fraction of sp³-hybridized carbons (Fsp3) is 0.333. The third-order valence-corrected chi connectivity index (χ3v) is 5.43. The van der Waals surface area contributed by atoms with Crippen molar-refractivity contribution in [2.75, 3.05) is 18.0 Å². The minimum absolute atomic E-state index is 0.407. The fourth-order valence-electron chi connectivity index (χ4n) is 4.03. The predicted molar refractivity (Wildman–Crippen MR) is 109 cm³/mol. The van der Waals surface area contributed by atoms with E-state index < -0.39 is 0 Å². The molecule has 4 aromatic rings. The van der Waals surface area contributed by atoms with Crippen LogP contribution in [-0.4, -0.2) is 42.4 Å². The van der Waals surface area contributed by atoms with Gasteiger partial charge < -0.3 is 9.47 Å². The van der Waals surface area contributed by atoms with Gasteiger partial charge in [0.15, 0.2) is 5.82 Å². The highest BCUT2D eigenvalue weighted by Crippen LogP contribution is 2.32. The predicted octanol–water partition coefficient (Wildman–Crippen LogP) is 3.08. The number of rotatable bonds is 3. The summed E-state index contributed by atoms with van der Waals surface area (Å²) in [6, 6.07) is 12.4. The molecular formula is C21H23N7. The normalized spacial score (nSPS) is 14.6. The molecular weight excluding hydrogens is 350 g/mol. The van der Waals surface area contributed by atoms with E-state index in [1.807, 2.05) is 37.6 Å². The summed E-state index contributed by atoms with van der Waals surface area (Å²) in [5.74, 6) is 4.07. The van der Waals surface area contributed by atoms with Gasteiger partial charge in [0.25, 0.3) is 0 Å². The maximum Gasteiger partial charge on any atom is 0.159 e. The number of fused-ring (bicyclic) bond motifs is 1. The van der Waals surface area contributed by atoms with Gasteiger partial charge in [-0.05, 0) is 39.0 Å². The largest absolute Gasteiger partial charge is 0.355 e. The van der Waals surface area contributed by atoms with Crippen molar-refractivity contribution < 1.29 is 0 Å². The summed E-state index contributed by atoms with van der Waals surface area (Å²) in [6.45, 7) is 7.79. The zero-order chi connectivity index (χ0) is 19.4. The highest BCUT2D eigenvalue weighted by Gasteiger charge is 2.33. The average Bonchev–Trinajstić information content (AvgIpc) is 3.13. The Bertz CT molecular complexity index is 1180. The van der Waals surface area contributed by atoms with Crippen LogP contribution in [0.1, 0.15) is 29.0 Å². The summed E-state index contributed by atoms with van der Waals surface area (Å²) in [5, 5.41) is 4.56. The van der Waals surface area contributed by atoms with E-state index in [0.29, 0.717) is 5.92 Å². The molecule has 1 aromatic carbocycles. The number of imidazole rings is 1. The molecule has 28 heavy (non-hydrogen) atoms. The van der Waals surface area contributed by atoms with Crippen molar-refractivity contribution in [2.45, 2.75) is 26.7 Å². The van der Waals surface area contributed by atoms with Gasteiger partial charge in [-0.15, -0.1) is 0 Å². The van der Waals surface area contributed by atoms with Crippen LogP contribution in [0.5, 0.6) is 0 Å². The van der Waals surface area contributed by atoms with Crippen molar-refractivity contribution in [3.05, 3.63) is 59.4 Å². The van der Waals surface area contributed by atoms with E-state index in [0.717, 1.165) is 53.3 Å². The first-order valence-electron chi connectivity index (χ1n) is 9.55. The average molecular weight is 373 g/mol. The Hall–Kier alpha value is -3.22. The molecule has 3 aromatic heterocycles. The highest BCUT2D eigenvalue weighted by molar-refractivity contribution is 5.76. The van der Waals surface area contributed by atoms with Gasteiger partial charge in [-0.2, -0.15) is 5.10 Å². The Morgan fingerprint density at radius 2 is 1.68 bits per heavy atom. The van der Waals surface area contributed by atoms with Crippen molar-refractivity contribution in [3.63, 3.8) is 0 Å². The molecule has 0 bridgehead atoms. The molecule has 5 rings (SSSR count). The minimum Gasteiger partial charge on any atom is -0.355 e. The number of nitrogens with zero attached hydrogens (tertiary/aromatic N) is 7. The number of benzene rings is 1. The lowest BCUT2D eigenvalue weighted by Gasteiger charge is -2.39. The fourth-order valence-corrected chi connectivity index (χ4v) is 4.03. The molecule has 7 heteroatoms. The van der Waals surface area contributed by atoms with Crippen molar-refractivity contribution >= 4 is 16.9 Å². The lowest BCUT2D eigenvalue weighted by Crippen LogP contribution is -2.46. The summed E-state index contributed by atoms with van der Waals surface area (Å²) in [6.07, 6.45) is 0. The third kappa shape index (κ3) is 2.66. The number of aryl methyl sites for hydroxylation is 4. The summed E-state index contributed by atoms with van der Waals surface area (Å²) in [7, 11) is 2.10. The zero-order valence-electron chi connectivity index (χ0n) is 16.6. The number of hydrogen-bond acceptors (Lipinski definition) is 5. The lowest BCUT2D eigenvalue weighted by molar-refractivity contribution is 0.485. The molecule has 1 fully saturated rings. The van der Waals surface area contributed by atoms with E-state index in [4.69, 9.17) is 4.98 Å². The van der Waals surface area contributed by atoms with Crippen LogP contribution in [0.25, 0.3) is 16.9 Å². The number of aromatic nitrogens is 6. The van der Waals surface area contributed by atoms with Crippen LogP contribution in [0.2, 0.25) is 0 Å². The molecule has 0 spiro atoms. The molecule has 0 N–H and O–H groups in total. The summed E-state index contributed by atoms with van der Waals surface area (Å²) in [4.78, 5) is 16.4. The Balaban J connectivity index is 1.41. The SMILES string of the molecule is Cc1cc(C)n(-c2cc(N3CC(c4nc5ccccc5n4C)C3)nc(C)n2)n1. The molecule has 0 radical (unpaired) electrons. The second-order valence-corrected chi connectivity index (χ2v) is 7.59. The van der Waals surface area contributed by atoms with Gasteiger partial charge >= 0.3 is 0 Å². The first-order chi connectivity index (χ1) is 13.5. The molecule has 7 nitrogen and oxygen atoms in total. The van der Waals surface area contributed by atoms with E-state index >= 15 is 0 Å². The number of hydrogen-bond donors (Lipinski definition) is 0. The number of para-hydroxylation sites is 2. The number of anilines is 1. The summed E-state index contributed by atoms with van der Waals surface area (Å²) < 4.78 is 4.10. The van der Waals surface area contributed by atoms with Crippen molar-refractivity contribution in [1.82, 2.24) is 29.3 Å². The molecule has 0 saturated carbocycles. The van der Waals surface area contributed by atoms with E-state index in [9.17, 15) is 0 Å². The molecule has 0 unspecified atom stereocenters. The van der Waals surface area contributed by atoms with E-state index in [2.05, 4.69) is 55.8 Å². The summed E-state index contributed by atoms with van der Waals surface area (Å²) >= 11 is 0. The lowest BCUT2D eigenvalue weighted by atomic mass is 9.99. The van der Waals surface area contributed by atoms with Crippen LogP contribution < -0.4 is 4.90 Å². The van der Waals surface area contributed by atoms with Gasteiger partial charge in [0.2, 0.25) is 0 Å². The molecule has 0 amide bonds. The van der Waals surface area contributed by atoms with Crippen molar-refractivity contribution in [3.8, 4) is 5.82 Å². The van der Waals surface area contributed by atoms with Crippen LogP contribution in [0.4, 0.5) is 5.82 Å².